The summed E-state index contributed by atoms with van der Waals surface area (Å²) in [6, 6.07) is 8.54. The van der Waals surface area contributed by atoms with Crippen LogP contribution in [0.2, 0.25) is 0 Å². The van der Waals surface area contributed by atoms with E-state index in [1.54, 1.807) is 12.3 Å². The largest absolute Gasteiger partial charge is 0.391 e. The quantitative estimate of drug-likeness (QED) is 0.753. The van der Waals surface area contributed by atoms with Crippen molar-refractivity contribution in [2.75, 3.05) is 29.9 Å². The van der Waals surface area contributed by atoms with Gasteiger partial charge in [-0.05, 0) is 43.2 Å². The number of piperidine rings is 1. The number of aliphatic hydroxyl groups excluding tert-OH is 1. The number of benzene rings is 1. The fourth-order valence-corrected chi connectivity index (χ4v) is 3.44. The van der Waals surface area contributed by atoms with E-state index >= 15 is 0 Å². The standard InChI is InChI=1S/C19H22FN5O/c1-24(11-15-10-13-9-14(20)4-5-17(13)22-15)19-21-7-6-18(23-19)25-8-2-3-16(26)12-25/h4-7,9-10,16,22,26H,2-3,8,11-12H2,1H3. The van der Waals surface area contributed by atoms with Gasteiger partial charge in [-0.15, -0.1) is 0 Å². The maximum Gasteiger partial charge on any atom is 0.227 e. The molecule has 0 aliphatic carbocycles. The Morgan fingerprint density at radius 2 is 2.23 bits per heavy atom. The lowest BCUT2D eigenvalue weighted by atomic mass is 10.1. The van der Waals surface area contributed by atoms with Crippen LogP contribution in [0.25, 0.3) is 10.9 Å². The van der Waals surface area contributed by atoms with Crippen LogP contribution in [0.5, 0.6) is 0 Å². The highest BCUT2D eigenvalue weighted by molar-refractivity contribution is 5.80. The van der Waals surface area contributed by atoms with Crippen LogP contribution in [0.3, 0.4) is 0 Å². The first-order valence-corrected chi connectivity index (χ1v) is 8.83. The van der Waals surface area contributed by atoms with Crippen molar-refractivity contribution in [3.05, 3.63) is 48.0 Å². The molecule has 2 N–H and O–H groups in total. The Labute approximate surface area is 151 Å². The van der Waals surface area contributed by atoms with Crippen LogP contribution in [0, 0.1) is 5.82 Å². The van der Waals surface area contributed by atoms with Crippen molar-refractivity contribution in [2.45, 2.75) is 25.5 Å². The SMILES string of the molecule is CN(Cc1cc2cc(F)ccc2[nH]1)c1nccc(N2CCCC(O)C2)n1. The fraction of sp³-hybridized carbons (Fsp3) is 0.368. The number of anilines is 2. The highest BCUT2D eigenvalue weighted by Gasteiger charge is 2.19. The van der Waals surface area contributed by atoms with Crippen LogP contribution in [-0.4, -0.2) is 46.3 Å². The lowest BCUT2D eigenvalue weighted by Crippen LogP contribution is -2.38. The number of aromatic nitrogens is 3. The molecule has 0 saturated carbocycles. The van der Waals surface area contributed by atoms with Crippen LogP contribution < -0.4 is 9.80 Å². The number of fused-ring (bicyclic) bond motifs is 1. The minimum Gasteiger partial charge on any atom is -0.391 e. The molecule has 1 aliphatic heterocycles. The number of hydrogen-bond acceptors (Lipinski definition) is 5. The lowest BCUT2D eigenvalue weighted by Gasteiger charge is -2.31. The van der Waals surface area contributed by atoms with E-state index in [1.165, 1.54) is 12.1 Å². The summed E-state index contributed by atoms with van der Waals surface area (Å²) in [4.78, 5) is 16.4. The second-order valence-electron chi connectivity index (χ2n) is 6.84. The van der Waals surface area contributed by atoms with E-state index in [9.17, 15) is 9.50 Å². The normalized spacial score (nSPS) is 17.7. The molecular formula is C19H22FN5O. The number of rotatable bonds is 4. The monoisotopic (exact) mass is 355 g/mol. The summed E-state index contributed by atoms with van der Waals surface area (Å²) in [6.07, 6.45) is 3.25. The Hall–Kier alpha value is -2.67. The smallest absolute Gasteiger partial charge is 0.227 e. The maximum absolute atomic E-state index is 13.4. The third kappa shape index (κ3) is 3.48. The van der Waals surface area contributed by atoms with E-state index in [0.717, 1.165) is 41.8 Å². The van der Waals surface area contributed by atoms with Gasteiger partial charge in [0.1, 0.15) is 11.6 Å². The summed E-state index contributed by atoms with van der Waals surface area (Å²) in [5, 5.41) is 10.7. The van der Waals surface area contributed by atoms with Gasteiger partial charge in [0.05, 0.1) is 12.6 Å². The third-order valence-electron chi connectivity index (χ3n) is 4.74. The number of nitrogens with one attached hydrogen (secondary N) is 1. The van der Waals surface area contributed by atoms with Gasteiger partial charge in [0.25, 0.3) is 0 Å². The zero-order chi connectivity index (χ0) is 18.1. The van der Waals surface area contributed by atoms with Crippen LogP contribution in [0.15, 0.2) is 36.5 Å². The number of halogens is 1. The van der Waals surface area contributed by atoms with Crippen molar-refractivity contribution >= 4 is 22.7 Å². The summed E-state index contributed by atoms with van der Waals surface area (Å²) in [5.41, 5.74) is 1.88. The van der Waals surface area contributed by atoms with Crippen LogP contribution in [0.1, 0.15) is 18.5 Å². The average molecular weight is 355 g/mol. The van der Waals surface area contributed by atoms with Gasteiger partial charge in [-0.3, -0.25) is 0 Å². The zero-order valence-corrected chi connectivity index (χ0v) is 14.7. The van der Waals surface area contributed by atoms with Crippen molar-refractivity contribution in [1.82, 2.24) is 15.0 Å². The van der Waals surface area contributed by atoms with E-state index in [4.69, 9.17) is 0 Å². The van der Waals surface area contributed by atoms with Gasteiger partial charge in [-0.1, -0.05) is 0 Å². The summed E-state index contributed by atoms with van der Waals surface area (Å²) in [6.45, 7) is 2.08. The topological polar surface area (TPSA) is 68.3 Å². The maximum atomic E-state index is 13.4. The summed E-state index contributed by atoms with van der Waals surface area (Å²) < 4.78 is 13.4. The minimum absolute atomic E-state index is 0.240. The van der Waals surface area contributed by atoms with Gasteiger partial charge >= 0.3 is 0 Å². The van der Waals surface area contributed by atoms with Crippen molar-refractivity contribution in [3.8, 4) is 0 Å². The Balaban J connectivity index is 1.52. The molecule has 7 heteroatoms. The van der Waals surface area contributed by atoms with Gasteiger partial charge in [0.2, 0.25) is 5.95 Å². The Bertz CT molecular complexity index is 912. The molecule has 1 unspecified atom stereocenters. The third-order valence-corrected chi connectivity index (χ3v) is 4.74. The predicted octanol–water partition coefficient (Wildman–Crippen LogP) is 2.69. The molecule has 3 heterocycles. The fourth-order valence-electron chi connectivity index (χ4n) is 3.44. The lowest BCUT2D eigenvalue weighted by molar-refractivity contribution is 0.154. The predicted molar refractivity (Wildman–Crippen MR) is 99.8 cm³/mol. The molecule has 136 valence electrons. The highest BCUT2D eigenvalue weighted by Crippen LogP contribution is 2.21. The van der Waals surface area contributed by atoms with Crippen molar-refractivity contribution < 1.29 is 9.50 Å². The second kappa shape index (κ2) is 6.92. The second-order valence-corrected chi connectivity index (χ2v) is 6.84. The van der Waals surface area contributed by atoms with Crippen LogP contribution in [0.4, 0.5) is 16.2 Å². The van der Waals surface area contributed by atoms with E-state index in [1.807, 2.05) is 24.1 Å². The molecule has 26 heavy (non-hydrogen) atoms. The van der Waals surface area contributed by atoms with Crippen LogP contribution >= 0.6 is 0 Å². The first-order chi connectivity index (χ1) is 12.6. The molecule has 3 aromatic rings. The zero-order valence-electron chi connectivity index (χ0n) is 14.7. The number of hydrogen-bond donors (Lipinski definition) is 2. The van der Waals surface area contributed by atoms with E-state index in [0.29, 0.717) is 19.0 Å². The molecule has 2 aromatic heterocycles. The number of H-pyrrole nitrogens is 1. The van der Waals surface area contributed by atoms with Crippen LogP contribution in [-0.2, 0) is 6.54 Å². The summed E-state index contributed by atoms with van der Waals surface area (Å²) in [7, 11) is 1.93. The average Bonchev–Trinajstić information content (AvgIpc) is 3.03. The Morgan fingerprint density at radius 3 is 3.08 bits per heavy atom. The molecular weight excluding hydrogens is 333 g/mol. The van der Waals surface area contributed by atoms with Crippen molar-refractivity contribution in [1.29, 1.82) is 0 Å². The number of β-amino-alcohol motifs (C(OH)–C–C–N with tert-alkyl or cyclic N) is 1. The molecule has 1 aromatic carbocycles. The molecule has 0 spiro atoms. The summed E-state index contributed by atoms with van der Waals surface area (Å²) in [5.74, 6) is 1.21. The van der Waals surface area contributed by atoms with E-state index < -0.39 is 0 Å². The molecule has 0 bridgehead atoms. The van der Waals surface area contributed by atoms with E-state index in [2.05, 4.69) is 19.9 Å². The first kappa shape index (κ1) is 16.8. The number of aromatic amines is 1. The van der Waals surface area contributed by atoms with Gasteiger partial charge < -0.3 is 19.9 Å². The minimum atomic E-state index is -0.299. The Morgan fingerprint density at radius 1 is 1.35 bits per heavy atom. The van der Waals surface area contributed by atoms with Gasteiger partial charge in [0.15, 0.2) is 0 Å². The van der Waals surface area contributed by atoms with Crippen molar-refractivity contribution in [2.24, 2.45) is 0 Å². The molecule has 4 rings (SSSR count). The van der Waals surface area contributed by atoms with E-state index in [-0.39, 0.29) is 11.9 Å². The molecule has 0 amide bonds. The van der Waals surface area contributed by atoms with Gasteiger partial charge in [-0.25, -0.2) is 9.37 Å². The molecule has 1 aliphatic rings. The Kier molecular flexibility index (Phi) is 4.46. The van der Waals surface area contributed by atoms with Gasteiger partial charge in [-0.2, -0.15) is 4.98 Å². The molecule has 1 fully saturated rings. The number of nitrogens with zero attached hydrogens (tertiary/aromatic N) is 4. The molecule has 1 saturated heterocycles. The molecule has 1 atom stereocenters. The number of aliphatic hydroxyl groups is 1. The van der Waals surface area contributed by atoms with Crippen molar-refractivity contribution in [3.63, 3.8) is 0 Å². The molecule has 0 radical (unpaired) electrons. The highest BCUT2D eigenvalue weighted by atomic mass is 19.1. The first-order valence-electron chi connectivity index (χ1n) is 8.83. The van der Waals surface area contributed by atoms with Gasteiger partial charge in [0, 0.05) is 42.9 Å². The summed E-state index contributed by atoms with van der Waals surface area (Å²) >= 11 is 0. The molecule has 6 nitrogen and oxygen atoms in total.